The normalized spacial score (nSPS) is 16.3. The molecule has 0 aromatic heterocycles. The molecule has 1 atom stereocenters. The second kappa shape index (κ2) is 4.09. The molecule has 1 aromatic rings. The van der Waals surface area contributed by atoms with Gasteiger partial charge in [-0.05, 0) is 24.7 Å². The number of benzene rings is 1. The Morgan fingerprint density at radius 2 is 2.42 bits per heavy atom. The van der Waals surface area contributed by atoms with Gasteiger partial charge in [-0.3, -0.25) is 0 Å². The first-order valence-corrected chi connectivity index (χ1v) is 3.61. The molecule has 0 bridgehead atoms. The van der Waals surface area contributed by atoms with Gasteiger partial charge in [0.25, 0.3) is 0 Å². The summed E-state index contributed by atoms with van der Waals surface area (Å²) < 4.78 is 22.3. The number of phenolic OH excluding ortho intramolecular Hbond substituents is 1. The minimum atomic E-state index is -1.03. The Morgan fingerprint density at radius 1 is 1.67 bits per heavy atom. The van der Waals surface area contributed by atoms with Gasteiger partial charge < -0.3 is 15.5 Å². The number of rotatable bonds is 3. The molecule has 12 heavy (non-hydrogen) atoms. The summed E-state index contributed by atoms with van der Waals surface area (Å²) in [4.78, 5) is 0. The Morgan fingerprint density at radius 3 is 3.08 bits per heavy atom. The molecule has 1 unspecified atom stereocenters. The fourth-order valence-electron chi connectivity index (χ4n) is 0.857. The van der Waals surface area contributed by atoms with Crippen molar-refractivity contribution in [1.29, 1.82) is 0 Å². The van der Waals surface area contributed by atoms with Crippen molar-refractivity contribution in [3.63, 3.8) is 0 Å². The molecule has 0 saturated carbocycles. The molecule has 3 nitrogen and oxygen atoms in total. The summed E-state index contributed by atoms with van der Waals surface area (Å²) >= 11 is 0. The zero-order valence-electron chi connectivity index (χ0n) is 9.76. The molecule has 66 valence electrons. The minimum absolute atomic E-state index is 0.0397. The van der Waals surface area contributed by atoms with Crippen LogP contribution in [0.1, 0.15) is 15.8 Å². The molecule has 0 aliphatic rings. The molecule has 0 aliphatic heterocycles. The summed E-state index contributed by atoms with van der Waals surface area (Å²) in [6.07, 6.45) is -1.03. The zero-order chi connectivity index (χ0) is 11.6. The third-order valence-corrected chi connectivity index (χ3v) is 1.42. The molecule has 0 heterocycles. The summed E-state index contributed by atoms with van der Waals surface area (Å²) in [7, 11) is 1.63. The number of hydrogen-bond donors (Lipinski definition) is 3. The van der Waals surface area contributed by atoms with E-state index in [-0.39, 0.29) is 30.2 Å². The van der Waals surface area contributed by atoms with E-state index in [2.05, 4.69) is 5.32 Å². The molecule has 3 N–H and O–H groups in total. The predicted octanol–water partition coefficient (Wildman–Crippen LogP) is 0.645. The predicted molar refractivity (Wildman–Crippen MR) is 47.0 cm³/mol. The Bertz CT molecular complexity index is 371. The summed E-state index contributed by atoms with van der Waals surface area (Å²) in [5.41, 5.74) is 0.0397. The first kappa shape index (κ1) is 5.56. The standard InChI is InChI=1S/C9H13NO2/c1-10-6-9(12)7-3-2-4-8(11)5-7/h2-5,9-12H,6H2,1H3/i3D,4D,5D. The van der Waals surface area contributed by atoms with Crippen LogP contribution in [0.15, 0.2) is 24.2 Å². The largest absolute Gasteiger partial charge is 0.508 e. The average Bonchev–Trinajstić information content (AvgIpc) is 2.15. The van der Waals surface area contributed by atoms with E-state index in [4.69, 9.17) is 4.11 Å². The molecule has 3 heteroatoms. The summed E-state index contributed by atoms with van der Waals surface area (Å²) in [6, 6.07) is 0.382. The maximum absolute atomic E-state index is 9.62. The van der Waals surface area contributed by atoms with Crippen molar-refractivity contribution < 1.29 is 14.3 Å². The quantitative estimate of drug-likeness (QED) is 0.624. The SMILES string of the molecule is [2H]c1cc([2H])c(C(O)CNC)c([2H])c1O. The average molecular weight is 170 g/mol. The van der Waals surface area contributed by atoms with Crippen molar-refractivity contribution in [1.82, 2.24) is 5.32 Å². The summed E-state index contributed by atoms with van der Waals surface area (Å²) in [5, 5.41) is 21.7. The van der Waals surface area contributed by atoms with Gasteiger partial charge in [-0.2, -0.15) is 0 Å². The molecular formula is C9H13NO2. The van der Waals surface area contributed by atoms with E-state index in [0.29, 0.717) is 0 Å². The Hall–Kier alpha value is -1.06. The van der Waals surface area contributed by atoms with Crippen LogP contribution in [0.3, 0.4) is 0 Å². The number of nitrogens with one attached hydrogen (secondary N) is 1. The molecule has 0 radical (unpaired) electrons. The van der Waals surface area contributed by atoms with Gasteiger partial charge in [0, 0.05) is 6.54 Å². The van der Waals surface area contributed by atoms with Crippen molar-refractivity contribution in [2.24, 2.45) is 0 Å². The third kappa shape index (κ3) is 2.22. The third-order valence-electron chi connectivity index (χ3n) is 1.42. The molecule has 0 amide bonds. The number of hydrogen-bond acceptors (Lipinski definition) is 3. The lowest BCUT2D eigenvalue weighted by Crippen LogP contribution is -2.16. The second-order valence-electron chi connectivity index (χ2n) is 2.39. The molecule has 0 fully saturated rings. The van der Waals surface area contributed by atoms with Crippen molar-refractivity contribution in [3.8, 4) is 5.75 Å². The number of aliphatic hydroxyl groups excluding tert-OH is 1. The number of aromatic hydroxyl groups is 1. The van der Waals surface area contributed by atoms with Gasteiger partial charge in [0.15, 0.2) is 0 Å². The highest BCUT2D eigenvalue weighted by atomic mass is 16.3. The van der Waals surface area contributed by atoms with E-state index >= 15 is 0 Å². The maximum Gasteiger partial charge on any atom is 0.115 e. The van der Waals surface area contributed by atoms with Crippen LogP contribution >= 0.6 is 0 Å². The first-order valence-electron chi connectivity index (χ1n) is 5.11. The molecule has 0 spiro atoms. The van der Waals surface area contributed by atoms with Crippen LogP contribution in [0.2, 0.25) is 0 Å². The van der Waals surface area contributed by atoms with Gasteiger partial charge >= 0.3 is 0 Å². The number of phenols is 1. The van der Waals surface area contributed by atoms with Crippen LogP contribution in [-0.4, -0.2) is 23.8 Å². The van der Waals surface area contributed by atoms with E-state index in [1.54, 1.807) is 7.05 Å². The smallest absolute Gasteiger partial charge is 0.115 e. The van der Waals surface area contributed by atoms with Crippen LogP contribution in [0.4, 0.5) is 0 Å². The molecular weight excluding hydrogens is 154 g/mol. The summed E-state index contributed by atoms with van der Waals surface area (Å²) in [5.74, 6) is -0.504. The van der Waals surface area contributed by atoms with Gasteiger partial charge in [0.1, 0.15) is 5.75 Å². The fourth-order valence-corrected chi connectivity index (χ4v) is 0.857. The van der Waals surface area contributed by atoms with Crippen LogP contribution in [0.25, 0.3) is 0 Å². The molecule has 0 saturated heterocycles. The Kier molecular flexibility index (Phi) is 1.90. The van der Waals surface area contributed by atoms with Crippen molar-refractivity contribution >= 4 is 0 Å². The van der Waals surface area contributed by atoms with Gasteiger partial charge in [-0.15, -0.1) is 0 Å². The maximum atomic E-state index is 9.62. The van der Waals surface area contributed by atoms with Gasteiger partial charge in [0.2, 0.25) is 0 Å². The fraction of sp³-hybridized carbons (Fsp3) is 0.333. The highest BCUT2D eigenvalue weighted by Crippen LogP contribution is 2.17. The van der Waals surface area contributed by atoms with E-state index in [0.717, 1.165) is 6.07 Å². The van der Waals surface area contributed by atoms with Crippen LogP contribution < -0.4 is 5.32 Å². The topological polar surface area (TPSA) is 52.5 Å². The van der Waals surface area contributed by atoms with Crippen LogP contribution in [0.5, 0.6) is 5.75 Å². The lowest BCUT2D eigenvalue weighted by atomic mass is 10.1. The lowest BCUT2D eigenvalue weighted by Gasteiger charge is -2.09. The van der Waals surface area contributed by atoms with E-state index in [1.807, 2.05) is 0 Å². The monoisotopic (exact) mass is 170 g/mol. The lowest BCUT2D eigenvalue weighted by molar-refractivity contribution is 0.177. The zero-order valence-corrected chi connectivity index (χ0v) is 6.76. The van der Waals surface area contributed by atoms with Gasteiger partial charge in [-0.1, -0.05) is 12.1 Å². The van der Waals surface area contributed by atoms with Gasteiger partial charge in [0.05, 0.1) is 10.2 Å². The molecule has 1 aromatic carbocycles. The van der Waals surface area contributed by atoms with E-state index in [1.165, 1.54) is 0 Å². The van der Waals surface area contributed by atoms with Crippen LogP contribution in [-0.2, 0) is 0 Å². The van der Waals surface area contributed by atoms with Crippen molar-refractivity contribution in [2.75, 3.05) is 13.6 Å². The number of likely N-dealkylation sites (N-methyl/N-ethyl adjacent to an activating group) is 1. The van der Waals surface area contributed by atoms with Crippen molar-refractivity contribution in [3.05, 3.63) is 29.8 Å². The van der Waals surface area contributed by atoms with Crippen LogP contribution in [0, 0.1) is 0 Å². The molecule has 1 rings (SSSR count). The van der Waals surface area contributed by atoms with Crippen molar-refractivity contribution in [2.45, 2.75) is 6.10 Å². The van der Waals surface area contributed by atoms with E-state index < -0.39 is 11.9 Å². The second-order valence-corrected chi connectivity index (χ2v) is 2.39. The molecule has 0 aliphatic carbocycles. The highest BCUT2D eigenvalue weighted by molar-refractivity contribution is 5.28. The minimum Gasteiger partial charge on any atom is -0.508 e. The number of aliphatic hydroxyl groups is 1. The highest BCUT2D eigenvalue weighted by Gasteiger charge is 2.05. The van der Waals surface area contributed by atoms with Gasteiger partial charge in [-0.25, -0.2) is 0 Å². The summed E-state index contributed by atoms with van der Waals surface area (Å²) in [6.45, 7) is 0.189. The Balaban J connectivity index is 3.23. The first-order chi connectivity index (χ1) is 6.99. The van der Waals surface area contributed by atoms with E-state index in [9.17, 15) is 10.2 Å². The Labute approximate surface area is 75.9 Å².